The van der Waals surface area contributed by atoms with Gasteiger partial charge in [0, 0.05) is 45.5 Å². The maximum absolute atomic E-state index is 3.27. The molecule has 2 aliphatic rings. The fourth-order valence-corrected chi connectivity index (χ4v) is 2.92. The van der Waals surface area contributed by atoms with Crippen molar-refractivity contribution in [2.24, 2.45) is 0 Å². The zero-order chi connectivity index (χ0) is 13.2. The first kappa shape index (κ1) is 12.9. The topological polar surface area (TPSA) is 18.5 Å². The molecule has 0 unspecified atom stereocenters. The molecule has 1 aliphatic heterocycles. The van der Waals surface area contributed by atoms with Crippen LogP contribution in [0.1, 0.15) is 29.9 Å². The summed E-state index contributed by atoms with van der Waals surface area (Å²) in [6.07, 6.45) is 2.76. The van der Waals surface area contributed by atoms with Gasteiger partial charge in [-0.3, -0.25) is 4.90 Å². The molecule has 3 nitrogen and oxygen atoms in total. The molecule has 3 heteroatoms. The van der Waals surface area contributed by atoms with Gasteiger partial charge in [-0.05, 0) is 49.1 Å². The van der Waals surface area contributed by atoms with Gasteiger partial charge in [0.2, 0.25) is 0 Å². The molecule has 0 amide bonds. The summed E-state index contributed by atoms with van der Waals surface area (Å²) in [5.74, 6) is 0.829. The van der Waals surface area contributed by atoms with E-state index < -0.39 is 0 Å². The minimum Gasteiger partial charge on any atom is -0.388 e. The molecular weight excluding hydrogens is 234 g/mol. The Hall–Kier alpha value is -1.06. The summed E-state index contributed by atoms with van der Waals surface area (Å²) in [4.78, 5) is 5.02. The molecule has 1 heterocycles. The standard InChI is InChI=1S/C16H25N3/c1-17-15-6-5-14(16(11-15)13-3-4-13)12-19-9-7-18(2)8-10-19/h5-6,11,13,17H,3-4,7-10,12H2,1-2H3. The van der Waals surface area contributed by atoms with Crippen LogP contribution in [0.25, 0.3) is 0 Å². The van der Waals surface area contributed by atoms with Crippen LogP contribution in [0.3, 0.4) is 0 Å². The second-order valence-electron chi connectivity index (χ2n) is 6.02. The minimum atomic E-state index is 0.829. The average Bonchev–Trinajstić information content (AvgIpc) is 3.26. The Balaban J connectivity index is 1.72. The molecule has 0 bridgehead atoms. The fourth-order valence-electron chi connectivity index (χ4n) is 2.92. The van der Waals surface area contributed by atoms with Crippen molar-refractivity contribution in [3.8, 4) is 0 Å². The molecule has 0 radical (unpaired) electrons. The van der Waals surface area contributed by atoms with Crippen LogP contribution in [0, 0.1) is 0 Å². The normalized spacial score (nSPS) is 21.6. The van der Waals surface area contributed by atoms with Gasteiger partial charge >= 0.3 is 0 Å². The van der Waals surface area contributed by atoms with E-state index in [4.69, 9.17) is 0 Å². The summed E-state index contributed by atoms with van der Waals surface area (Å²) in [7, 11) is 4.22. The predicted molar refractivity (Wildman–Crippen MR) is 80.7 cm³/mol. The van der Waals surface area contributed by atoms with Crippen molar-refractivity contribution >= 4 is 5.69 Å². The van der Waals surface area contributed by atoms with Crippen molar-refractivity contribution in [2.75, 3.05) is 45.6 Å². The second-order valence-corrected chi connectivity index (χ2v) is 6.02. The first-order chi connectivity index (χ1) is 9.26. The molecule has 1 aromatic rings. The van der Waals surface area contributed by atoms with E-state index in [2.05, 4.69) is 40.4 Å². The molecule has 0 aromatic heterocycles. The number of hydrogen-bond donors (Lipinski definition) is 1. The Kier molecular flexibility index (Phi) is 3.76. The van der Waals surface area contributed by atoms with E-state index in [-0.39, 0.29) is 0 Å². The molecule has 0 atom stereocenters. The van der Waals surface area contributed by atoms with Crippen molar-refractivity contribution in [1.29, 1.82) is 0 Å². The van der Waals surface area contributed by atoms with Gasteiger partial charge in [0.05, 0.1) is 0 Å². The Bertz CT molecular complexity index is 432. The Morgan fingerprint density at radius 1 is 1.16 bits per heavy atom. The number of piperazine rings is 1. The zero-order valence-electron chi connectivity index (χ0n) is 12.2. The third kappa shape index (κ3) is 3.10. The van der Waals surface area contributed by atoms with E-state index in [1.165, 1.54) is 44.7 Å². The number of likely N-dealkylation sites (N-methyl/N-ethyl adjacent to an activating group) is 1. The van der Waals surface area contributed by atoms with Crippen LogP contribution < -0.4 is 5.32 Å². The van der Waals surface area contributed by atoms with Gasteiger partial charge in [-0.1, -0.05) is 6.07 Å². The van der Waals surface area contributed by atoms with Crippen molar-refractivity contribution in [2.45, 2.75) is 25.3 Å². The Labute approximate surface area is 116 Å². The first-order valence-electron chi connectivity index (χ1n) is 7.48. The molecule has 1 saturated carbocycles. The molecule has 104 valence electrons. The van der Waals surface area contributed by atoms with Crippen LogP contribution in [-0.4, -0.2) is 50.1 Å². The molecule has 1 aromatic carbocycles. The van der Waals surface area contributed by atoms with E-state index in [1.54, 1.807) is 11.1 Å². The third-order valence-corrected chi connectivity index (χ3v) is 4.44. The minimum absolute atomic E-state index is 0.829. The van der Waals surface area contributed by atoms with Crippen molar-refractivity contribution in [1.82, 2.24) is 9.80 Å². The van der Waals surface area contributed by atoms with E-state index >= 15 is 0 Å². The lowest BCUT2D eigenvalue weighted by Gasteiger charge is -2.32. The van der Waals surface area contributed by atoms with Crippen LogP contribution in [0.2, 0.25) is 0 Å². The van der Waals surface area contributed by atoms with Crippen LogP contribution in [0.4, 0.5) is 5.69 Å². The smallest absolute Gasteiger partial charge is 0.0340 e. The summed E-state index contributed by atoms with van der Waals surface area (Å²) in [5, 5.41) is 3.27. The van der Waals surface area contributed by atoms with Gasteiger partial charge in [0.1, 0.15) is 0 Å². The SMILES string of the molecule is CNc1ccc(CN2CCN(C)CC2)c(C2CC2)c1. The third-order valence-electron chi connectivity index (χ3n) is 4.44. The number of nitrogens with zero attached hydrogens (tertiary/aromatic N) is 2. The lowest BCUT2D eigenvalue weighted by Crippen LogP contribution is -2.44. The summed E-state index contributed by atoms with van der Waals surface area (Å²) >= 11 is 0. The summed E-state index contributed by atoms with van der Waals surface area (Å²) < 4.78 is 0. The van der Waals surface area contributed by atoms with E-state index in [1.807, 2.05) is 7.05 Å². The Morgan fingerprint density at radius 2 is 1.89 bits per heavy atom. The molecule has 1 N–H and O–H groups in total. The van der Waals surface area contributed by atoms with Gasteiger partial charge < -0.3 is 10.2 Å². The van der Waals surface area contributed by atoms with Crippen LogP contribution in [0.15, 0.2) is 18.2 Å². The molecule has 19 heavy (non-hydrogen) atoms. The average molecular weight is 259 g/mol. The number of anilines is 1. The lowest BCUT2D eigenvalue weighted by molar-refractivity contribution is 0.148. The predicted octanol–water partition coefficient (Wildman–Crippen LogP) is 2.35. The van der Waals surface area contributed by atoms with Crippen LogP contribution >= 0.6 is 0 Å². The van der Waals surface area contributed by atoms with Crippen molar-refractivity contribution in [3.05, 3.63) is 29.3 Å². The Morgan fingerprint density at radius 3 is 2.53 bits per heavy atom. The highest BCUT2D eigenvalue weighted by Gasteiger charge is 2.27. The maximum Gasteiger partial charge on any atom is 0.0340 e. The first-order valence-corrected chi connectivity index (χ1v) is 7.48. The van der Waals surface area contributed by atoms with Gasteiger partial charge in [-0.25, -0.2) is 0 Å². The second kappa shape index (κ2) is 5.51. The van der Waals surface area contributed by atoms with Crippen molar-refractivity contribution in [3.63, 3.8) is 0 Å². The number of benzene rings is 1. The molecule has 0 spiro atoms. The van der Waals surface area contributed by atoms with Gasteiger partial charge in [-0.2, -0.15) is 0 Å². The van der Waals surface area contributed by atoms with E-state index in [9.17, 15) is 0 Å². The zero-order valence-corrected chi connectivity index (χ0v) is 12.2. The van der Waals surface area contributed by atoms with Crippen LogP contribution in [-0.2, 0) is 6.54 Å². The summed E-state index contributed by atoms with van der Waals surface area (Å²) in [6.45, 7) is 5.94. The fraction of sp³-hybridized carbons (Fsp3) is 0.625. The number of hydrogen-bond acceptors (Lipinski definition) is 3. The van der Waals surface area contributed by atoms with Gasteiger partial charge in [-0.15, -0.1) is 0 Å². The van der Waals surface area contributed by atoms with E-state index in [0.717, 1.165) is 12.5 Å². The summed E-state index contributed by atoms with van der Waals surface area (Å²) in [5.41, 5.74) is 4.39. The molecular formula is C16H25N3. The quantitative estimate of drug-likeness (QED) is 0.895. The van der Waals surface area contributed by atoms with Gasteiger partial charge in [0.25, 0.3) is 0 Å². The lowest BCUT2D eigenvalue weighted by atomic mass is 10.0. The highest BCUT2D eigenvalue weighted by molar-refractivity contribution is 5.50. The number of rotatable bonds is 4. The largest absolute Gasteiger partial charge is 0.388 e. The molecule has 2 fully saturated rings. The van der Waals surface area contributed by atoms with Crippen LogP contribution in [0.5, 0.6) is 0 Å². The van der Waals surface area contributed by atoms with Crippen molar-refractivity contribution < 1.29 is 0 Å². The molecule has 1 saturated heterocycles. The molecule has 3 rings (SSSR count). The molecule has 1 aliphatic carbocycles. The van der Waals surface area contributed by atoms with Gasteiger partial charge in [0.15, 0.2) is 0 Å². The number of nitrogens with one attached hydrogen (secondary N) is 1. The monoisotopic (exact) mass is 259 g/mol. The van der Waals surface area contributed by atoms with E-state index in [0.29, 0.717) is 0 Å². The highest BCUT2D eigenvalue weighted by atomic mass is 15.2. The highest BCUT2D eigenvalue weighted by Crippen LogP contribution is 2.42. The maximum atomic E-state index is 3.27. The summed E-state index contributed by atoms with van der Waals surface area (Å²) in [6, 6.07) is 6.91.